The molecule has 1 N–H and O–H groups in total. The third kappa shape index (κ3) is 4.06. The van der Waals surface area contributed by atoms with E-state index >= 15 is 0 Å². The topological polar surface area (TPSA) is 66.8 Å². The van der Waals surface area contributed by atoms with Crippen LogP contribution in [0.5, 0.6) is 11.5 Å². The van der Waals surface area contributed by atoms with E-state index in [9.17, 15) is 14.7 Å². The zero-order valence-electron chi connectivity index (χ0n) is 23.5. The van der Waals surface area contributed by atoms with Crippen molar-refractivity contribution < 1.29 is 19.4 Å². The number of rotatable bonds is 8. The predicted octanol–water partition coefficient (Wildman–Crippen LogP) is 7.43. The van der Waals surface area contributed by atoms with E-state index in [1.165, 1.54) is 24.2 Å². The third-order valence-corrected chi connectivity index (χ3v) is 9.51. The Morgan fingerprint density at radius 3 is 2.34 bits per heavy atom. The van der Waals surface area contributed by atoms with Gasteiger partial charge < -0.3 is 9.84 Å². The van der Waals surface area contributed by atoms with Crippen molar-refractivity contribution in [3.8, 4) is 11.5 Å². The van der Waals surface area contributed by atoms with Crippen molar-refractivity contribution in [2.75, 3.05) is 6.54 Å². The van der Waals surface area contributed by atoms with Crippen LogP contribution in [0.1, 0.15) is 106 Å². The van der Waals surface area contributed by atoms with Gasteiger partial charge in [-0.2, -0.15) is 0 Å². The average molecular weight is 516 g/mol. The summed E-state index contributed by atoms with van der Waals surface area (Å²) in [4.78, 5) is 27.8. The number of carbonyl (C=O) groups excluding carboxylic acids is 2. The molecule has 2 aliphatic heterocycles. The molecular weight excluding hydrogens is 474 g/mol. The zero-order valence-corrected chi connectivity index (χ0v) is 23.5. The van der Waals surface area contributed by atoms with Crippen LogP contribution in [0, 0.1) is 11.3 Å². The largest absolute Gasteiger partial charge is 0.508 e. The molecule has 2 aromatic rings. The molecule has 0 unspecified atom stereocenters. The molecular formula is C33H41NO4. The van der Waals surface area contributed by atoms with E-state index in [0.29, 0.717) is 17.5 Å². The lowest BCUT2D eigenvalue weighted by Crippen LogP contribution is -2.61. The Balaban J connectivity index is 1.57. The summed E-state index contributed by atoms with van der Waals surface area (Å²) < 4.78 is 6.57. The molecule has 5 heteroatoms. The summed E-state index contributed by atoms with van der Waals surface area (Å²) in [6.45, 7) is 11.5. The van der Waals surface area contributed by atoms with Gasteiger partial charge in [-0.3, -0.25) is 14.5 Å². The van der Waals surface area contributed by atoms with Gasteiger partial charge in [-0.1, -0.05) is 76.3 Å². The fraction of sp³-hybridized carbons (Fsp3) is 0.515. The van der Waals surface area contributed by atoms with Crippen molar-refractivity contribution in [1.82, 2.24) is 4.90 Å². The second-order valence-corrected chi connectivity index (χ2v) is 12.6. The fourth-order valence-electron chi connectivity index (χ4n) is 7.56. The summed E-state index contributed by atoms with van der Waals surface area (Å²) in [5, 5.41) is 11.4. The number of fused-ring (bicyclic) bond motifs is 4. The van der Waals surface area contributed by atoms with Gasteiger partial charge in [0.1, 0.15) is 17.1 Å². The highest BCUT2D eigenvalue weighted by molar-refractivity contribution is 6.21. The number of carbonyl (C=O) groups is 2. The number of unbranched alkanes of at least 4 members (excludes halogenated alkanes) is 3. The van der Waals surface area contributed by atoms with Gasteiger partial charge in [0, 0.05) is 16.9 Å². The van der Waals surface area contributed by atoms with Crippen molar-refractivity contribution >= 4 is 11.8 Å². The Hall–Kier alpha value is -3.08. The van der Waals surface area contributed by atoms with Crippen LogP contribution in [0.3, 0.4) is 0 Å². The first-order valence-electron chi connectivity index (χ1n) is 14.2. The molecule has 2 amide bonds. The molecule has 0 saturated carbocycles. The second-order valence-electron chi connectivity index (χ2n) is 12.6. The van der Waals surface area contributed by atoms with E-state index in [1.807, 2.05) is 12.1 Å². The molecule has 2 aromatic carbocycles. The van der Waals surface area contributed by atoms with Crippen LogP contribution in [0.15, 0.2) is 54.1 Å². The summed E-state index contributed by atoms with van der Waals surface area (Å²) in [6.07, 6.45) is 9.38. The van der Waals surface area contributed by atoms with Crippen LogP contribution in [0.4, 0.5) is 0 Å². The van der Waals surface area contributed by atoms with E-state index in [2.05, 4.69) is 40.7 Å². The lowest BCUT2D eigenvalue weighted by Gasteiger charge is -2.61. The van der Waals surface area contributed by atoms with Crippen LogP contribution in [-0.4, -0.2) is 34.0 Å². The number of hydrogen-bond donors (Lipinski definition) is 1. The number of imide groups is 1. The second kappa shape index (κ2) is 9.59. The lowest BCUT2D eigenvalue weighted by atomic mass is 9.46. The molecule has 5 nitrogen and oxygen atoms in total. The number of ether oxygens (including phenoxy) is 1. The average Bonchev–Trinajstić information content (AvgIpc) is 3.11. The minimum atomic E-state index is -0.445. The maximum Gasteiger partial charge on any atom is 0.261 e. The van der Waals surface area contributed by atoms with Crippen LogP contribution >= 0.6 is 0 Å². The smallest absolute Gasteiger partial charge is 0.261 e. The summed E-state index contributed by atoms with van der Waals surface area (Å²) in [5.74, 6) is 0.693. The third-order valence-electron chi connectivity index (χ3n) is 9.51. The van der Waals surface area contributed by atoms with Crippen molar-refractivity contribution in [1.29, 1.82) is 0 Å². The Bertz CT molecular complexity index is 1250. The molecule has 202 valence electrons. The number of allylic oxidation sites excluding steroid dienone is 1. The zero-order chi connectivity index (χ0) is 27.3. The fourth-order valence-corrected chi connectivity index (χ4v) is 7.56. The summed E-state index contributed by atoms with van der Waals surface area (Å²) in [6, 6.07) is 12.7. The van der Waals surface area contributed by atoms with Crippen LogP contribution in [-0.2, 0) is 5.41 Å². The number of benzene rings is 2. The minimum Gasteiger partial charge on any atom is -0.508 e. The first kappa shape index (κ1) is 26.5. The molecule has 0 saturated heterocycles. The molecule has 0 bridgehead atoms. The highest BCUT2D eigenvalue weighted by Crippen LogP contribution is 2.65. The van der Waals surface area contributed by atoms with Crippen molar-refractivity contribution in [2.45, 2.75) is 90.6 Å². The van der Waals surface area contributed by atoms with Gasteiger partial charge >= 0.3 is 0 Å². The van der Waals surface area contributed by atoms with Crippen molar-refractivity contribution in [2.24, 2.45) is 11.3 Å². The maximum atomic E-state index is 13.2. The van der Waals surface area contributed by atoms with E-state index in [1.54, 1.807) is 30.3 Å². The number of aromatic hydroxyl groups is 1. The molecule has 0 radical (unpaired) electrons. The highest BCUT2D eigenvalue weighted by atomic mass is 16.5. The molecule has 2 atom stereocenters. The lowest BCUT2D eigenvalue weighted by molar-refractivity contribution is -0.0760. The van der Waals surface area contributed by atoms with Gasteiger partial charge in [0.25, 0.3) is 11.8 Å². The molecule has 0 fully saturated rings. The highest BCUT2D eigenvalue weighted by Gasteiger charge is 2.62. The van der Waals surface area contributed by atoms with E-state index in [0.717, 1.165) is 36.1 Å². The molecule has 0 spiro atoms. The molecule has 1 aliphatic carbocycles. The number of nitrogens with zero attached hydrogens (tertiary/aromatic N) is 1. The molecule has 3 aliphatic rings. The Morgan fingerprint density at radius 1 is 1.00 bits per heavy atom. The van der Waals surface area contributed by atoms with Gasteiger partial charge in [-0.05, 0) is 62.8 Å². The van der Waals surface area contributed by atoms with E-state index < -0.39 is 11.0 Å². The standard InChI is InChI=1S/C33H41NO4/c1-6-7-8-11-19-31(2,3)33-20-22(21-34-29(36)23-13-9-10-14-24(23)30(34)37)17-18-27(33)32(4,5)38-26-16-12-15-25(35)28(26)33/h9-10,12-17,27,35H,6-8,11,18-21H2,1-5H3/t27-,33-/m1/s1. The van der Waals surface area contributed by atoms with Gasteiger partial charge in [-0.15, -0.1) is 0 Å². The summed E-state index contributed by atoms with van der Waals surface area (Å²) in [5.41, 5.74) is 1.90. The Kier molecular flexibility index (Phi) is 6.69. The van der Waals surface area contributed by atoms with Gasteiger partial charge in [0.15, 0.2) is 0 Å². The number of amides is 2. The Labute approximate surface area is 226 Å². The first-order chi connectivity index (χ1) is 18.0. The van der Waals surface area contributed by atoms with Crippen molar-refractivity contribution in [3.05, 3.63) is 70.8 Å². The summed E-state index contributed by atoms with van der Waals surface area (Å²) >= 11 is 0. The monoisotopic (exact) mass is 515 g/mol. The number of hydrogen-bond acceptors (Lipinski definition) is 4. The number of phenols is 1. The normalized spacial score (nSPS) is 23.9. The Morgan fingerprint density at radius 2 is 1.68 bits per heavy atom. The molecule has 5 rings (SSSR count). The SMILES string of the molecule is CCCCCCC(C)(C)[C@]12CC(CN3C(=O)c4ccccc4C3=O)=CC[C@@H]1C(C)(C)Oc1cccc(O)c12. The minimum absolute atomic E-state index is 0.128. The first-order valence-corrected chi connectivity index (χ1v) is 14.2. The van der Waals surface area contributed by atoms with Crippen LogP contribution < -0.4 is 4.74 Å². The maximum absolute atomic E-state index is 13.2. The quantitative estimate of drug-likeness (QED) is 0.225. The summed E-state index contributed by atoms with van der Waals surface area (Å²) in [7, 11) is 0. The van der Waals surface area contributed by atoms with E-state index in [4.69, 9.17) is 4.74 Å². The van der Waals surface area contributed by atoms with Gasteiger partial charge in [-0.25, -0.2) is 0 Å². The van der Waals surface area contributed by atoms with Gasteiger partial charge in [0.2, 0.25) is 0 Å². The van der Waals surface area contributed by atoms with Gasteiger partial charge in [0.05, 0.1) is 17.7 Å². The predicted molar refractivity (Wildman–Crippen MR) is 150 cm³/mol. The van der Waals surface area contributed by atoms with Crippen LogP contribution in [0.25, 0.3) is 0 Å². The van der Waals surface area contributed by atoms with Crippen LogP contribution in [0.2, 0.25) is 0 Å². The molecule has 38 heavy (non-hydrogen) atoms. The van der Waals surface area contributed by atoms with Crippen molar-refractivity contribution in [3.63, 3.8) is 0 Å². The number of phenolic OH excluding ortho intramolecular Hbond substituents is 1. The molecule has 0 aromatic heterocycles. The molecule has 2 heterocycles. The van der Waals surface area contributed by atoms with E-state index in [-0.39, 0.29) is 35.4 Å².